The summed E-state index contributed by atoms with van der Waals surface area (Å²) in [6, 6.07) is 9.53. The van der Waals surface area contributed by atoms with Crippen LogP contribution in [0.5, 0.6) is 5.75 Å². The molecule has 0 saturated carbocycles. The fraction of sp³-hybridized carbons (Fsp3) is 0.188. The van der Waals surface area contributed by atoms with E-state index in [2.05, 4.69) is 10.0 Å². The Morgan fingerprint density at radius 1 is 1.08 bits per heavy atom. The zero-order valence-corrected chi connectivity index (χ0v) is 15.7. The number of sulfonamides is 1. The number of amides is 1. The fourth-order valence-corrected chi connectivity index (χ4v) is 3.65. The summed E-state index contributed by atoms with van der Waals surface area (Å²) in [6.07, 6.45) is 0. The second-order valence-electron chi connectivity index (χ2n) is 5.10. The van der Waals surface area contributed by atoms with Gasteiger partial charge in [-0.25, -0.2) is 8.42 Å². The number of ether oxygens (including phenoxy) is 1. The number of carbonyl (C=O) groups is 1. The number of hydrogen-bond acceptors (Lipinski definition) is 4. The molecule has 25 heavy (non-hydrogen) atoms. The highest BCUT2D eigenvalue weighted by Crippen LogP contribution is 2.29. The van der Waals surface area contributed by atoms with Crippen LogP contribution in [0.15, 0.2) is 47.4 Å². The molecule has 0 radical (unpaired) electrons. The highest BCUT2D eigenvalue weighted by molar-refractivity contribution is 7.89. The molecule has 0 aliphatic heterocycles. The molecule has 134 valence electrons. The van der Waals surface area contributed by atoms with Crippen LogP contribution >= 0.6 is 23.2 Å². The average Bonchev–Trinajstić information content (AvgIpc) is 2.57. The van der Waals surface area contributed by atoms with E-state index >= 15 is 0 Å². The molecule has 0 fully saturated rings. The van der Waals surface area contributed by atoms with Gasteiger partial charge in [-0.3, -0.25) is 4.79 Å². The number of hydrogen-bond donors (Lipinski definition) is 2. The maximum atomic E-state index is 12.3. The Morgan fingerprint density at radius 2 is 1.64 bits per heavy atom. The van der Waals surface area contributed by atoms with Crippen LogP contribution in [0.25, 0.3) is 0 Å². The van der Waals surface area contributed by atoms with Gasteiger partial charge in [0.2, 0.25) is 15.9 Å². The van der Waals surface area contributed by atoms with Crippen molar-refractivity contribution in [3.05, 3.63) is 52.5 Å². The summed E-state index contributed by atoms with van der Waals surface area (Å²) < 4.78 is 32.0. The minimum Gasteiger partial charge on any atom is -0.497 e. The molecule has 2 aromatic rings. The largest absolute Gasteiger partial charge is 0.497 e. The van der Waals surface area contributed by atoms with E-state index in [0.29, 0.717) is 5.75 Å². The Bertz CT molecular complexity index is 850. The Hall–Kier alpha value is -1.80. The Kier molecular flexibility index (Phi) is 6.29. The van der Waals surface area contributed by atoms with E-state index in [-0.39, 0.29) is 20.6 Å². The van der Waals surface area contributed by atoms with Crippen LogP contribution in [0.3, 0.4) is 0 Å². The van der Waals surface area contributed by atoms with Gasteiger partial charge >= 0.3 is 0 Å². The first-order valence-corrected chi connectivity index (χ1v) is 9.40. The van der Waals surface area contributed by atoms with Gasteiger partial charge in [0.15, 0.2) is 0 Å². The molecule has 0 bridgehead atoms. The van der Waals surface area contributed by atoms with Crippen molar-refractivity contribution in [2.24, 2.45) is 0 Å². The van der Waals surface area contributed by atoms with E-state index in [1.807, 2.05) is 0 Å². The lowest BCUT2D eigenvalue weighted by atomic mass is 10.3. The van der Waals surface area contributed by atoms with Crippen molar-refractivity contribution in [3.8, 4) is 5.75 Å². The lowest BCUT2D eigenvalue weighted by Gasteiger charge is -2.16. The molecule has 1 atom stereocenters. The molecule has 0 heterocycles. The van der Waals surface area contributed by atoms with E-state index in [1.54, 1.807) is 18.2 Å². The quantitative estimate of drug-likeness (QED) is 0.775. The zero-order valence-electron chi connectivity index (χ0n) is 13.4. The minimum absolute atomic E-state index is 0.0173. The lowest BCUT2D eigenvalue weighted by molar-refractivity contribution is -0.117. The van der Waals surface area contributed by atoms with Crippen LogP contribution in [0, 0.1) is 0 Å². The van der Waals surface area contributed by atoms with Crippen LogP contribution < -0.4 is 14.8 Å². The molecule has 0 aliphatic rings. The van der Waals surface area contributed by atoms with Crippen molar-refractivity contribution in [3.63, 3.8) is 0 Å². The van der Waals surface area contributed by atoms with Gasteiger partial charge in [0.05, 0.1) is 33.8 Å². The summed E-state index contributed by atoms with van der Waals surface area (Å²) in [6.45, 7) is 1.42. The van der Waals surface area contributed by atoms with Crippen molar-refractivity contribution >= 4 is 44.8 Å². The van der Waals surface area contributed by atoms with Crippen molar-refractivity contribution < 1.29 is 17.9 Å². The van der Waals surface area contributed by atoms with Gasteiger partial charge < -0.3 is 10.1 Å². The maximum Gasteiger partial charge on any atom is 0.242 e. The van der Waals surface area contributed by atoms with E-state index in [1.165, 1.54) is 38.3 Å². The molecule has 2 rings (SSSR count). The number of halogens is 2. The molecule has 0 spiro atoms. The predicted molar refractivity (Wildman–Crippen MR) is 97.9 cm³/mol. The van der Waals surface area contributed by atoms with Gasteiger partial charge in [-0.2, -0.15) is 4.72 Å². The summed E-state index contributed by atoms with van der Waals surface area (Å²) >= 11 is 12.0. The van der Waals surface area contributed by atoms with Crippen molar-refractivity contribution in [1.82, 2.24) is 4.72 Å². The zero-order chi connectivity index (χ0) is 18.6. The third-order valence-corrected chi connectivity index (χ3v) is 5.49. The summed E-state index contributed by atoms with van der Waals surface area (Å²) in [5.74, 6) is -0.0646. The third kappa shape index (κ3) is 4.85. The molecule has 2 N–H and O–H groups in total. The van der Waals surface area contributed by atoms with Crippen LogP contribution in [0.4, 0.5) is 5.69 Å². The summed E-state index contributed by atoms with van der Waals surface area (Å²) in [7, 11) is -2.39. The number of carbonyl (C=O) groups excluding carboxylic acids is 1. The number of benzene rings is 2. The second-order valence-corrected chi connectivity index (χ2v) is 7.63. The standard InChI is InChI=1S/C16H16Cl2N2O4S/c1-10(16(21)19-15-13(17)4-3-5-14(15)18)20-25(22,23)12-8-6-11(24-2)7-9-12/h3-10,20H,1-2H3,(H,19,21)/t10-/m1/s1. The molecule has 9 heteroatoms. The van der Waals surface area contributed by atoms with Gasteiger partial charge in [-0.1, -0.05) is 29.3 Å². The normalized spacial score (nSPS) is 12.5. The third-order valence-electron chi connectivity index (χ3n) is 3.31. The first kappa shape index (κ1) is 19.5. The van der Waals surface area contributed by atoms with E-state index in [4.69, 9.17) is 27.9 Å². The molecule has 0 aromatic heterocycles. The van der Waals surface area contributed by atoms with Crippen molar-refractivity contribution in [1.29, 1.82) is 0 Å². The average molecular weight is 403 g/mol. The van der Waals surface area contributed by atoms with Crippen LogP contribution in [0.1, 0.15) is 6.92 Å². The monoisotopic (exact) mass is 402 g/mol. The Morgan fingerprint density at radius 3 is 2.16 bits per heavy atom. The molecule has 0 saturated heterocycles. The SMILES string of the molecule is COc1ccc(S(=O)(=O)N[C@H](C)C(=O)Nc2c(Cl)cccc2Cl)cc1. The number of methoxy groups -OCH3 is 1. The summed E-state index contributed by atoms with van der Waals surface area (Å²) in [5.41, 5.74) is 0.228. The topological polar surface area (TPSA) is 84.5 Å². The first-order chi connectivity index (χ1) is 11.7. The van der Waals surface area contributed by atoms with E-state index in [0.717, 1.165) is 0 Å². The summed E-state index contributed by atoms with van der Waals surface area (Å²) in [4.78, 5) is 12.3. The fourth-order valence-electron chi connectivity index (χ4n) is 1.96. The Labute approximate surface area is 156 Å². The number of para-hydroxylation sites is 1. The van der Waals surface area contributed by atoms with Gasteiger partial charge in [0.1, 0.15) is 5.75 Å². The van der Waals surface area contributed by atoms with Crippen LogP contribution in [-0.2, 0) is 14.8 Å². The highest BCUT2D eigenvalue weighted by atomic mass is 35.5. The van der Waals surface area contributed by atoms with Crippen LogP contribution in [-0.4, -0.2) is 27.5 Å². The molecule has 0 unspecified atom stereocenters. The van der Waals surface area contributed by atoms with Crippen molar-refractivity contribution in [2.75, 3.05) is 12.4 Å². The van der Waals surface area contributed by atoms with E-state index < -0.39 is 22.0 Å². The second kappa shape index (κ2) is 8.05. The molecular formula is C16H16Cl2N2O4S. The first-order valence-electron chi connectivity index (χ1n) is 7.16. The number of nitrogens with one attached hydrogen (secondary N) is 2. The predicted octanol–water partition coefficient (Wildman–Crippen LogP) is 3.31. The Balaban J connectivity index is 2.11. The molecule has 6 nitrogen and oxygen atoms in total. The lowest BCUT2D eigenvalue weighted by Crippen LogP contribution is -2.41. The minimum atomic E-state index is -3.87. The van der Waals surface area contributed by atoms with Crippen molar-refractivity contribution in [2.45, 2.75) is 17.9 Å². The maximum absolute atomic E-state index is 12.3. The molecule has 2 aromatic carbocycles. The van der Waals surface area contributed by atoms with E-state index in [9.17, 15) is 13.2 Å². The number of anilines is 1. The number of rotatable bonds is 6. The van der Waals surface area contributed by atoms with Gasteiger partial charge in [0, 0.05) is 0 Å². The van der Waals surface area contributed by atoms with Gasteiger partial charge in [-0.15, -0.1) is 0 Å². The highest BCUT2D eigenvalue weighted by Gasteiger charge is 2.23. The smallest absolute Gasteiger partial charge is 0.242 e. The van der Waals surface area contributed by atoms with Gasteiger partial charge in [-0.05, 0) is 43.3 Å². The van der Waals surface area contributed by atoms with Gasteiger partial charge in [0.25, 0.3) is 0 Å². The molecule has 0 aliphatic carbocycles. The molecule has 1 amide bonds. The van der Waals surface area contributed by atoms with Crippen LogP contribution in [0.2, 0.25) is 10.0 Å². The molecular weight excluding hydrogens is 387 g/mol. The summed E-state index contributed by atoms with van der Waals surface area (Å²) in [5, 5.41) is 3.03.